The van der Waals surface area contributed by atoms with Gasteiger partial charge in [-0.1, -0.05) is 24.3 Å². The van der Waals surface area contributed by atoms with E-state index in [0.717, 1.165) is 11.1 Å². The molecule has 0 amide bonds. The van der Waals surface area contributed by atoms with Crippen molar-refractivity contribution in [2.24, 2.45) is 0 Å². The smallest absolute Gasteiger partial charge is 0.185 e. The number of aromatic hydroxyl groups is 2. The van der Waals surface area contributed by atoms with Crippen LogP contribution in [0.25, 0.3) is 6.08 Å². The van der Waals surface area contributed by atoms with Crippen LogP contribution in [0.4, 0.5) is 0 Å². The van der Waals surface area contributed by atoms with E-state index in [9.17, 15) is 15.0 Å². The number of allylic oxidation sites excluding steroid dienone is 5. The topological polar surface area (TPSA) is 66.8 Å². The number of ketones is 1. The number of carbonyl (C=O) groups is 1. The second-order valence-corrected chi connectivity index (χ2v) is 6.28. The van der Waals surface area contributed by atoms with E-state index < -0.39 is 0 Å². The molecule has 0 aliphatic rings. The molecule has 0 radical (unpaired) electrons. The monoisotopic (exact) mass is 378 g/mol. The van der Waals surface area contributed by atoms with Crippen LogP contribution in [0.15, 0.2) is 60.7 Å². The minimum absolute atomic E-state index is 0.114. The Hall–Kier alpha value is -3.27. The zero-order valence-electron chi connectivity index (χ0n) is 16.5. The minimum Gasteiger partial charge on any atom is -0.508 e. The molecule has 4 heteroatoms. The summed E-state index contributed by atoms with van der Waals surface area (Å²) in [6, 6.07) is 7.95. The third-order valence-electron chi connectivity index (χ3n) is 4.36. The van der Waals surface area contributed by atoms with Crippen molar-refractivity contribution in [3.05, 3.63) is 83.0 Å². The van der Waals surface area contributed by atoms with Gasteiger partial charge in [-0.05, 0) is 74.7 Å². The molecular formula is C24H26O4. The molecule has 4 nitrogen and oxygen atoms in total. The van der Waals surface area contributed by atoms with Crippen LogP contribution in [0.2, 0.25) is 0 Å². The first-order valence-electron chi connectivity index (χ1n) is 9.17. The highest BCUT2D eigenvalue weighted by Gasteiger charge is 2.16. The van der Waals surface area contributed by atoms with Gasteiger partial charge in [0.05, 0.1) is 7.11 Å². The number of carbonyl (C=O) groups excluding carboxylic acids is 1. The van der Waals surface area contributed by atoms with Gasteiger partial charge >= 0.3 is 0 Å². The molecule has 0 aromatic heterocycles. The molecule has 0 bridgehead atoms. The van der Waals surface area contributed by atoms with Crippen LogP contribution in [0.5, 0.6) is 17.2 Å². The van der Waals surface area contributed by atoms with Crippen LogP contribution >= 0.6 is 0 Å². The number of ether oxygens (including phenoxy) is 1. The molecule has 2 rings (SSSR count). The van der Waals surface area contributed by atoms with E-state index in [2.05, 4.69) is 0 Å². The number of rotatable bonds is 8. The molecule has 0 aliphatic heterocycles. The highest BCUT2D eigenvalue weighted by Crippen LogP contribution is 2.37. The fourth-order valence-electron chi connectivity index (χ4n) is 2.87. The third kappa shape index (κ3) is 5.13. The third-order valence-corrected chi connectivity index (χ3v) is 4.36. The van der Waals surface area contributed by atoms with Crippen molar-refractivity contribution in [3.8, 4) is 17.2 Å². The predicted octanol–water partition coefficient (Wildman–Crippen LogP) is 5.24. The summed E-state index contributed by atoms with van der Waals surface area (Å²) in [5, 5.41) is 20.1. The summed E-state index contributed by atoms with van der Waals surface area (Å²) in [5.41, 5.74) is 2.68. The van der Waals surface area contributed by atoms with Gasteiger partial charge in [-0.15, -0.1) is 0 Å². The number of hydrogen-bond acceptors (Lipinski definition) is 4. The van der Waals surface area contributed by atoms with Crippen molar-refractivity contribution >= 4 is 11.9 Å². The number of benzene rings is 2. The molecule has 0 heterocycles. The van der Waals surface area contributed by atoms with Gasteiger partial charge in [0.1, 0.15) is 17.2 Å². The quantitative estimate of drug-likeness (QED) is 0.374. The summed E-state index contributed by atoms with van der Waals surface area (Å²) in [6.45, 7) is 3.85. The second-order valence-electron chi connectivity index (χ2n) is 6.28. The van der Waals surface area contributed by atoms with Crippen molar-refractivity contribution in [1.82, 2.24) is 0 Å². The number of phenols is 2. The van der Waals surface area contributed by atoms with Crippen LogP contribution in [-0.2, 0) is 12.8 Å². The lowest BCUT2D eigenvalue weighted by Crippen LogP contribution is -1.99. The van der Waals surface area contributed by atoms with Gasteiger partial charge in [-0.2, -0.15) is 0 Å². The lowest BCUT2D eigenvalue weighted by Gasteiger charge is -2.16. The molecule has 28 heavy (non-hydrogen) atoms. The lowest BCUT2D eigenvalue weighted by molar-refractivity contribution is 0.104. The number of hydrogen-bond donors (Lipinski definition) is 2. The van der Waals surface area contributed by atoms with Gasteiger partial charge < -0.3 is 14.9 Å². The van der Waals surface area contributed by atoms with Crippen molar-refractivity contribution in [2.75, 3.05) is 7.11 Å². The van der Waals surface area contributed by atoms with Gasteiger partial charge in [0.2, 0.25) is 0 Å². The van der Waals surface area contributed by atoms with E-state index >= 15 is 0 Å². The zero-order chi connectivity index (χ0) is 20.5. The highest BCUT2D eigenvalue weighted by molar-refractivity contribution is 6.07. The van der Waals surface area contributed by atoms with Crippen molar-refractivity contribution < 1.29 is 19.7 Å². The standard InChI is InChI=1S/C24H26O4/c1-4-6-8-18-16-19(24(28-3)21(23(18)27)9-7-5-2)12-15-22(26)17-10-13-20(25)14-11-17/h4-7,10-16,25,27H,8-9H2,1-3H3. The summed E-state index contributed by atoms with van der Waals surface area (Å²) >= 11 is 0. The van der Waals surface area contributed by atoms with Gasteiger partial charge in [-0.3, -0.25) is 4.79 Å². The maximum Gasteiger partial charge on any atom is 0.185 e. The summed E-state index contributed by atoms with van der Waals surface area (Å²) < 4.78 is 5.56. The van der Waals surface area contributed by atoms with Crippen LogP contribution < -0.4 is 4.74 Å². The summed E-state index contributed by atoms with van der Waals surface area (Å²) in [7, 11) is 1.55. The van der Waals surface area contributed by atoms with Crippen LogP contribution in [0.1, 0.15) is 40.9 Å². The summed E-state index contributed by atoms with van der Waals surface area (Å²) in [5.74, 6) is 0.702. The Morgan fingerprint density at radius 3 is 2.29 bits per heavy atom. The first kappa shape index (κ1) is 21.0. The molecule has 0 aliphatic carbocycles. The van der Waals surface area contributed by atoms with E-state index in [1.165, 1.54) is 18.2 Å². The molecule has 0 unspecified atom stereocenters. The van der Waals surface area contributed by atoms with E-state index in [0.29, 0.717) is 29.7 Å². The van der Waals surface area contributed by atoms with E-state index in [1.54, 1.807) is 25.3 Å². The molecule has 0 atom stereocenters. The van der Waals surface area contributed by atoms with Gasteiger partial charge in [0.25, 0.3) is 0 Å². The molecule has 2 aromatic carbocycles. The molecule has 0 fully saturated rings. The van der Waals surface area contributed by atoms with E-state index in [1.807, 2.05) is 44.2 Å². The molecule has 2 N–H and O–H groups in total. The molecule has 146 valence electrons. The second kappa shape index (κ2) is 10.2. The first-order chi connectivity index (χ1) is 13.5. The van der Waals surface area contributed by atoms with E-state index in [-0.39, 0.29) is 17.3 Å². The Kier molecular flexibility index (Phi) is 7.64. The first-order valence-corrected chi connectivity index (χ1v) is 9.17. The predicted molar refractivity (Wildman–Crippen MR) is 113 cm³/mol. The normalized spacial score (nSPS) is 11.7. The zero-order valence-corrected chi connectivity index (χ0v) is 16.5. The Morgan fingerprint density at radius 2 is 1.68 bits per heavy atom. The van der Waals surface area contributed by atoms with Crippen LogP contribution in [0.3, 0.4) is 0 Å². The van der Waals surface area contributed by atoms with Crippen molar-refractivity contribution in [1.29, 1.82) is 0 Å². The molecule has 2 aromatic rings. The Bertz CT molecular complexity index is 903. The van der Waals surface area contributed by atoms with E-state index in [4.69, 9.17) is 4.74 Å². The minimum atomic E-state index is -0.180. The molecular weight excluding hydrogens is 352 g/mol. The highest BCUT2D eigenvalue weighted by atomic mass is 16.5. The Labute approximate surface area is 166 Å². The maximum atomic E-state index is 12.4. The Morgan fingerprint density at radius 1 is 1.04 bits per heavy atom. The van der Waals surface area contributed by atoms with Crippen molar-refractivity contribution in [3.63, 3.8) is 0 Å². The fraction of sp³-hybridized carbons (Fsp3) is 0.208. The maximum absolute atomic E-state index is 12.4. The summed E-state index contributed by atoms with van der Waals surface area (Å²) in [4.78, 5) is 12.4. The molecule has 0 saturated carbocycles. The van der Waals surface area contributed by atoms with Crippen LogP contribution in [0, 0.1) is 0 Å². The van der Waals surface area contributed by atoms with Crippen LogP contribution in [-0.4, -0.2) is 23.1 Å². The van der Waals surface area contributed by atoms with Gasteiger partial charge in [0, 0.05) is 16.7 Å². The van der Waals surface area contributed by atoms with Crippen molar-refractivity contribution in [2.45, 2.75) is 26.7 Å². The largest absolute Gasteiger partial charge is 0.508 e. The number of phenolic OH excluding ortho intramolecular Hbond substituents is 2. The fourth-order valence-corrected chi connectivity index (χ4v) is 2.87. The average molecular weight is 378 g/mol. The Balaban J connectivity index is 2.47. The molecule has 0 saturated heterocycles. The summed E-state index contributed by atoms with van der Waals surface area (Å²) in [6.07, 6.45) is 12.1. The number of methoxy groups -OCH3 is 1. The SMILES string of the molecule is CC=CCc1cc(C=CC(=O)c2ccc(O)cc2)c(OC)c(CC=CC)c1O. The average Bonchev–Trinajstić information content (AvgIpc) is 2.70. The van der Waals surface area contributed by atoms with Gasteiger partial charge in [-0.25, -0.2) is 0 Å². The van der Waals surface area contributed by atoms with Gasteiger partial charge in [0.15, 0.2) is 5.78 Å². The lowest BCUT2D eigenvalue weighted by atomic mass is 9.97. The molecule has 0 spiro atoms.